The number of nitrogens with one attached hydrogen (secondary N) is 2. The summed E-state index contributed by atoms with van der Waals surface area (Å²) in [6, 6.07) is 3.86. The summed E-state index contributed by atoms with van der Waals surface area (Å²) in [5, 5.41) is 7.05. The van der Waals surface area contributed by atoms with Crippen molar-refractivity contribution < 1.29 is 4.79 Å². The number of pyridine rings is 1. The van der Waals surface area contributed by atoms with E-state index in [9.17, 15) is 4.79 Å². The molecule has 2 saturated heterocycles. The maximum Gasteiger partial charge on any atom is 0.223 e. The van der Waals surface area contributed by atoms with Crippen molar-refractivity contribution >= 4 is 48.1 Å². The highest BCUT2D eigenvalue weighted by Gasteiger charge is 2.32. The lowest BCUT2D eigenvalue weighted by atomic mass is 9.88. The molecule has 130 valence electrons. The number of aromatic nitrogens is 1. The molecule has 2 aliphatic rings. The van der Waals surface area contributed by atoms with Gasteiger partial charge in [-0.05, 0) is 37.6 Å². The lowest BCUT2D eigenvalue weighted by molar-refractivity contribution is -0.127. The van der Waals surface area contributed by atoms with Crippen molar-refractivity contribution in [2.75, 3.05) is 31.1 Å². The molecular formula is C15H23Cl3N4O. The number of halogens is 3. The zero-order chi connectivity index (χ0) is 14.8. The van der Waals surface area contributed by atoms with Gasteiger partial charge in [-0.3, -0.25) is 4.79 Å². The molecule has 3 rings (SSSR count). The summed E-state index contributed by atoms with van der Waals surface area (Å²) in [6.07, 6.45) is 2.69. The van der Waals surface area contributed by atoms with Crippen molar-refractivity contribution in [3.05, 3.63) is 23.4 Å². The molecule has 2 aliphatic heterocycles. The molecule has 8 heteroatoms. The molecule has 0 spiro atoms. The summed E-state index contributed by atoms with van der Waals surface area (Å²) in [7, 11) is 0. The zero-order valence-corrected chi connectivity index (χ0v) is 15.4. The van der Waals surface area contributed by atoms with E-state index in [1.54, 1.807) is 6.20 Å². The summed E-state index contributed by atoms with van der Waals surface area (Å²) in [6.45, 7) is 5.58. The van der Waals surface area contributed by atoms with Crippen molar-refractivity contribution in [1.82, 2.24) is 15.6 Å². The Kier molecular flexibility index (Phi) is 7.87. The van der Waals surface area contributed by atoms with E-state index in [4.69, 9.17) is 11.6 Å². The highest BCUT2D eigenvalue weighted by molar-refractivity contribution is 6.32. The largest absolute Gasteiger partial charge is 0.353 e. The number of rotatable bonds is 4. The number of anilines is 1. The monoisotopic (exact) mass is 380 g/mol. The Balaban J connectivity index is 0.00000132. The molecular weight excluding hydrogens is 359 g/mol. The third-order valence-corrected chi connectivity index (χ3v) is 4.80. The second-order valence-electron chi connectivity index (χ2n) is 5.96. The van der Waals surface area contributed by atoms with Crippen molar-refractivity contribution in [3.63, 3.8) is 0 Å². The van der Waals surface area contributed by atoms with E-state index in [1.807, 2.05) is 19.1 Å². The van der Waals surface area contributed by atoms with E-state index in [-0.39, 0.29) is 42.7 Å². The van der Waals surface area contributed by atoms with Gasteiger partial charge in [-0.2, -0.15) is 0 Å². The van der Waals surface area contributed by atoms with Crippen LogP contribution in [0.1, 0.15) is 13.3 Å². The normalized spacial score (nSPS) is 21.7. The Bertz CT molecular complexity index is 527. The predicted octanol–water partition coefficient (Wildman–Crippen LogP) is 2.13. The topological polar surface area (TPSA) is 57.3 Å². The second-order valence-corrected chi connectivity index (χ2v) is 6.36. The van der Waals surface area contributed by atoms with Crippen LogP contribution in [0.3, 0.4) is 0 Å². The second kappa shape index (κ2) is 8.92. The fraction of sp³-hybridized carbons (Fsp3) is 0.600. The molecule has 0 saturated carbocycles. The number of carbonyl (C=O) groups excluding carboxylic acids is 1. The summed E-state index contributed by atoms with van der Waals surface area (Å²) in [4.78, 5) is 18.7. The van der Waals surface area contributed by atoms with Crippen molar-refractivity contribution in [3.8, 4) is 0 Å². The van der Waals surface area contributed by atoms with E-state index in [0.29, 0.717) is 10.9 Å². The van der Waals surface area contributed by atoms with Crippen LogP contribution in [0, 0.1) is 11.8 Å². The van der Waals surface area contributed by atoms with Crippen LogP contribution in [0.4, 0.5) is 5.82 Å². The molecule has 1 amide bonds. The van der Waals surface area contributed by atoms with Crippen molar-refractivity contribution in [1.29, 1.82) is 0 Å². The summed E-state index contributed by atoms with van der Waals surface area (Å²) in [5.41, 5.74) is 0. The quantitative estimate of drug-likeness (QED) is 0.839. The molecule has 1 aromatic rings. The van der Waals surface area contributed by atoms with Gasteiger partial charge in [0.25, 0.3) is 0 Å². The maximum atomic E-state index is 12.2. The Morgan fingerprint density at radius 3 is 2.83 bits per heavy atom. The SMILES string of the molecule is CC(C(=O)NC1CCN(c2ncccc2Cl)C1)C1CNC1.Cl.Cl. The molecule has 23 heavy (non-hydrogen) atoms. The number of amides is 1. The Labute approximate surface area is 154 Å². The highest BCUT2D eigenvalue weighted by atomic mass is 35.5. The highest BCUT2D eigenvalue weighted by Crippen LogP contribution is 2.26. The first kappa shape index (κ1) is 20.3. The summed E-state index contributed by atoms with van der Waals surface area (Å²) < 4.78 is 0. The van der Waals surface area contributed by atoms with Crippen LogP contribution in [0.5, 0.6) is 0 Å². The zero-order valence-electron chi connectivity index (χ0n) is 13.0. The minimum absolute atomic E-state index is 0. The molecule has 3 heterocycles. The number of nitrogens with zero attached hydrogens (tertiary/aromatic N) is 2. The number of hydrogen-bond acceptors (Lipinski definition) is 4. The van der Waals surface area contributed by atoms with Crippen LogP contribution in [0.25, 0.3) is 0 Å². The van der Waals surface area contributed by atoms with Crippen LogP contribution in [0.2, 0.25) is 5.02 Å². The third kappa shape index (κ3) is 4.63. The number of hydrogen-bond donors (Lipinski definition) is 2. The lowest BCUT2D eigenvalue weighted by Crippen LogP contribution is -2.51. The van der Waals surface area contributed by atoms with Gasteiger partial charge in [0, 0.05) is 31.2 Å². The van der Waals surface area contributed by atoms with Gasteiger partial charge in [0.2, 0.25) is 5.91 Å². The lowest BCUT2D eigenvalue weighted by Gasteiger charge is -2.32. The predicted molar refractivity (Wildman–Crippen MR) is 98.0 cm³/mol. The molecule has 5 nitrogen and oxygen atoms in total. The first-order valence-corrected chi connectivity index (χ1v) is 7.89. The average molecular weight is 382 g/mol. The fourth-order valence-corrected chi connectivity index (χ4v) is 3.13. The standard InChI is InChI=1S/C15H21ClN4O.2ClH/c1-10(11-7-17-8-11)15(21)19-12-4-6-20(9-12)14-13(16)3-2-5-18-14;;/h2-3,5,10-12,17H,4,6-9H2,1H3,(H,19,21);2*1H. The van der Waals surface area contributed by atoms with Crippen LogP contribution < -0.4 is 15.5 Å². The van der Waals surface area contributed by atoms with Crippen molar-refractivity contribution in [2.24, 2.45) is 11.8 Å². The minimum atomic E-state index is 0. The Morgan fingerprint density at radius 1 is 1.48 bits per heavy atom. The molecule has 0 bridgehead atoms. The fourth-order valence-electron chi connectivity index (χ4n) is 2.89. The molecule has 2 unspecified atom stereocenters. The molecule has 0 aromatic carbocycles. The van der Waals surface area contributed by atoms with E-state index in [0.717, 1.165) is 38.4 Å². The van der Waals surface area contributed by atoms with E-state index in [1.165, 1.54) is 0 Å². The van der Waals surface area contributed by atoms with Gasteiger partial charge in [-0.15, -0.1) is 24.8 Å². The van der Waals surface area contributed by atoms with E-state index in [2.05, 4.69) is 20.5 Å². The van der Waals surface area contributed by atoms with Crippen molar-refractivity contribution in [2.45, 2.75) is 19.4 Å². The van der Waals surface area contributed by atoms with Crippen LogP contribution >= 0.6 is 36.4 Å². The van der Waals surface area contributed by atoms with E-state index < -0.39 is 0 Å². The third-order valence-electron chi connectivity index (χ3n) is 4.51. The summed E-state index contributed by atoms with van der Waals surface area (Å²) in [5.74, 6) is 1.54. The van der Waals surface area contributed by atoms with Gasteiger partial charge in [-0.1, -0.05) is 18.5 Å². The van der Waals surface area contributed by atoms with Crippen LogP contribution in [0.15, 0.2) is 18.3 Å². The van der Waals surface area contributed by atoms with Crippen LogP contribution in [-0.2, 0) is 4.79 Å². The van der Waals surface area contributed by atoms with Gasteiger partial charge in [-0.25, -0.2) is 4.98 Å². The first-order valence-electron chi connectivity index (χ1n) is 7.51. The molecule has 2 fully saturated rings. The molecule has 2 N–H and O–H groups in total. The van der Waals surface area contributed by atoms with Crippen LogP contribution in [-0.4, -0.2) is 43.1 Å². The average Bonchev–Trinajstić information content (AvgIpc) is 2.85. The molecule has 0 aliphatic carbocycles. The molecule has 2 atom stereocenters. The Morgan fingerprint density at radius 2 is 2.22 bits per heavy atom. The smallest absolute Gasteiger partial charge is 0.223 e. The van der Waals surface area contributed by atoms with Gasteiger partial charge in [0.15, 0.2) is 0 Å². The van der Waals surface area contributed by atoms with Gasteiger partial charge < -0.3 is 15.5 Å². The minimum Gasteiger partial charge on any atom is -0.353 e. The maximum absolute atomic E-state index is 12.2. The van der Waals surface area contributed by atoms with Gasteiger partial charge in [0.05, 0.1) is 5.02 Å². The molecule has 0 radical (unpaired) electrons. The molecule has 1 aromatic heterocycles. The number of carbonyl (C=O) groups is 1. The first-order chi connectivity index (χ1) is 10.1. The van der Waals surface area contributed by atoms with E-state index >= 15 is 0 Å². The Hall–Kier alpha value is -0.750. The van der Waals surface area contributed by atoms with Gasteiger partial charge >= 0.3 is 0 Å². The van der Waals surface area contributed by atoms with Gasteiger partial charge in [0.1, 0.15) is 5.82 Å². The summed E-state index contributed by atoms with van der Waals surface area (Å²) >= 11 is 6.18.